The van der Waals surface area contributed by atoms with Crippen LogP contribution in [0.3, 0.4) is 0 Å². The molecule has 43 heavy (non-hydrogen) atoms. The molecular formula is C28H19F7N6O2. The minimum absolute atomic E-state index is 0.0337. The summed E-state index contributed by atoms with van der Waals surface area (Å²) in [4.78, 5) is 32.4. The SMILES string of the molecule is O=C(Nc1cc(-c2[nH]c3c(OCC(F)(F)F)ncnc3c2-c2ccccn2)ccn1)C(CC(F)(F)F)c1ccc(F)cc1. The third kappa shape index (κ3) is 7.05. The monoisotopic (exact) mass is 604 g/mol. The van der Waals surface area contributed by atoms with Gasteiger partial charge in [-0.2, -0.15) is 31.3 Å². The van der Waals surface area contributed by atoms with E-state index in [2.05, 4.69) is 30.2 Å². The Labute approximate surface area is 238 Å². The van der Waals surface area contributed by atoms with Crippen LogP contribution < -0.4 is 10.1 Å². The molecule has 222 valence electrons. The molecule has 1 aromatic carbocycles. The van der Waals surface area contributed by atoms with Gasteiger partial charge in [-0.05, 0) is 42.0 Å². The highest BCUT2D eigenvalue weighted by atomic mass is 19.4. The molecule has 0 aliphatic carbocycles. The van der Waals surface area contributed by atoms with Crippen LogP contribution in [0, 0.1) is 5.82 Å². The van der Waals surface area contributed by atoms with Gasteiger partial charge in [0.25, 0.3) is 0 Å². The summed E-state index contributed by atoms with van der Waals surface area (Å²) in [5.41, 5.74) is 1.53. The molecule has 4 aromatic heterocycles. The third-order valence-corrected chi connectivity index (χ3v) is 6.17. The number of carbonyl (C=O) groups is 1. The number of benzene rings is 1. The minimum Gasteiger partial charge on any atom is -0.466 e. The molecule has 0 aliphatic heterocycles. The fraction of sp³-hybridized carbons (Fsp3) is 0.179. The standard InChI is InChI=1S/C28H19F7N6O2/c29-17-6-4-15(5-7-17)18(12-27(30,31)32)25(42)40-20-11-16(8-10-37-20)22-21(19-3-1-2-9-36-19)23-24(41-22)26(39-14-38-23)43-13-28(33,34)35/h1-11,14,18,41H,12-13H2,(H,37,40,42). The van der Waals surface area contributed by atoms with E-state index in [1.54, 1.807) is 18.2 Å². The summed E-state index contributed by atoms with van der Waals surface area (Å²) in [6, 6.07) is 11.9. The van der Waals surface area contributed by atoms with Crippen LogP contribution in [0.15, 0.2) is 73.3 Å². The highest BCUT2D eigenvalue weighted by Crippen LogP contribution is 2.39. The van der Waals surface area contributed by atoms with Crippen molar-refractivity contribution in [1.82, 2.24) is 24.9 Å². The molecule has 0 fully saturated rings. The summed E-state index contributed by atoms with van der Waals surface area (Å²) in [7, 11) is 0. The summed E-state index contributed by atoms with van der Waals surface area (Å²) in [5, 5.41) is 2.38. The Kier molecular flexibility index (Phi) is 7.98. The Bertz CT molecular complexity index is 1740. The van der Waals surface area contributed by atoms with Crippen molar-refractivity contribution in [1.29, 1.82) is 0 Å². The van der Waals surface area contributed by atoms with Crippen LogP contribution in [0.25, 0.3) is 33.5 Å². The van der Waals surface area contributed by atoms with Crippen molar-refractivity contribution in [3.8, 4) is 28.4 Å². The molecule has 0 saturated carbocycles. The highest BCUT2D eigenvalue weighted by molar-refractivity contribution is 6.02. The maximum atomic E-state index is 13.4. The van der Waals surface area contributed by atoms with Gasteiger partial charge in [0.2, 0.25) is 11.8 Å². The van der Waals surface area contributed by atoms with Gasteiger partial charge in [0.05, 0.1) is 29.3 Å². The van der Waals surface area contributed by atoms with Gasteiger partial charge in [-0.15, -0.1) is 0 Å². The van der Waals surface area contributed by atoms with E-state index in [1.807, 2.05) is 0 Å². The molecule has 0 bridgehead atoms. The molecule has 2 N–H and O–H groups in total. The van der Waals surface area contributed by atoms with Crippen LogP contribution in [-0.4, -0.2) is 49.8 Å². The molecule has 1 amide bonds. The zero-order valence-corrected chi connectivity index (χ0v) is 21.7. The van der Waals surface area contributed by atoms with Crippen LogP contribution in [0.1, 0.15) is 17.9 Å². The van der Waals surface area contributed by atoms with Gasteiger partial charge in [0, 0.05) is 18.0 Å². The van der Waals surface area contributed by atoms with E-state index in [1.165, 1.54) is 24.5 Å². The average Bonchev–Trinajstić information content (AvgIpc) is 3.35. The molecule has 1 atom stereocenters. The Morgan fingerprint density at radius 3 is 2.35 bits per heavy atom. The van der Waals surface area contributed by atoms with E-state index in [-0.39, 0.29) is 34.0 Å². The molecule has 0 spiro atoms. The fourth-order valence-electron chi connectivity index (χ4n) is 4.37. The number of aromatic nitrogens is 5. The van der Waals surface area contributed by atoms with Gasteiger partial charge in [-0.3, -0.25) is 9.78 Å². The average molecular weight is 604 g/mol. The largest absolute Gasteiger partial charge is 0.466 e. The van der Waals surface area contributed by atoms with E-state index in [4.69, 9.17) is 4.74 Å². The number of amides is 1. The molecule has 15 heteroatoms. The zero-order valence-electron chi connectivity index (χ0n) is 21.7. The topological polar surface area (TPSA) is 106 Å². The lowest BCUT2D eigenvalue weighted by molar-refractivity contribution is -0.153. The summed E-state index contributed by atoms with van der Waals surface area (Å²) < 4.78 is 97.0. The predicted molar refractivity (Wildman–Crippen MR) is 140 cm³/mol. The zero-order chi connectivity index (χ0) is 30.8. The quantitative estimate of drug-likeness (QED) is 0.188. The number of H-pyrrole nitrogens is 1. The van der Waals surface area contributed by atoms with Crippen molar-refractivity contribution in [2.75, 3.05) is 11.9 Å². The smallest absolute Gasteiger partial charge is 0.422 e. The van der Waals surface area contributed by atoms with E-state index in [9.17, 15) is 35.5 Å². The normalized spacial score (nSPS) is 12.7. The van der Waals surface area contributed by atoms with Gasteiger partial charge < -0.3 is 15.0 Å². The van der Waals surface area contributed by atoms with Crippen molar-refractivity contribution in [3.05, 3.63) is 84.7 Å². The van der Waals surface area contributed by atoms with Gasteiger partial charge in [-0.25, -0.2) is 14.4 Å². The van der Waals surface area contributed by atoms with Crippen LogP contribution in [-0.2, 0) is 4.79 Å². The van der Waals surface area contributed by atoms with Crippen molar-refractivity contribution in [2.24, 2.45) is 0 Å². The van der Waals surface area contributed by atoms with E-state index < -0.39 is 43.0 Å². The van der Waals surface area contributed by atoms with Crippen LogP contribution in [0.5, 0.6) is 5.88 Å². The first-order chi connectivity index (χ1) is 20.4. The minimum atomic E-state index is -4.71. The number of aromatic amines is 1. The number of alkyl halides is 6. The first-order valence-corrected chi connectivity index (χ1v) is 12.4. The summed E-state index contributed by atoms with van der Waals surface area (Å²) >= 11 is 0. The molecule has 4 heterocycles. The molecule has 0 radical (unpaired) electrons. The number of anilines is 1. The third-order valence-electron chi connectivity index (χ3n) is 6.17. The number of hydrogen-bond acceptors (Lipinski definition) is 6. The second kappa shape index (κ2) is 11.7. The van der Waals surface area contributed by atoms with Crippen molar-refractivity contribution >= 4 is 22.8 Å². The molecule has 8 nitrogen and oxygen atoms in total. The maximum absolute atomic E-state index is 13.4. The van der Waals surface area contributed by atoms with Crippen LogP contribution in [0.4, 0.5) is 36.6 Å². The first kappa shape index (κ1) is 29.4. The lowest BCUT2D eigenvalue weighted by atomic mass is 9.94. The lowest BCUT2D eigenvalue weighted by Gasteiger charge is -2.19. The van der Waals surface area contributed by atoms with E-state index in [0.29, 0.717) is 16.8 Å². The summed E-state index contributed by atoms with van der Waals surface area (Å²) in [6.07, 6.45) is -7.04. The second-order valence-electron chi connectivity index (χ2n) is 9.24. The van der Waals surface area contributed by atoms with Gasteiger partial charge in [0.15, 0.2) is 6.61 Å². The molecule has 5 rings (SSSR count). The Hall–Kier alpha value is -5.08. The number of ether oxygens (including phenoxy) is 1. The van der Waals surface area contributed by atoms with E-state index in [0.717, 1.165) is 30.6 Å². The lowest BCUT2D eigenvalue weighted by Crippen LogP contribution is -2.26. The van der Waals surface area contributed by atoms with Gasteiger partial charge in [0.1, 0.15) is 29.0 Å². The predicted octanol–water partition coefficient (Wildman–Crippen LogP) is 6.84. The van der Waals surface area contributed by atoms with Crippen molar-refractivity contribution in [2.45, 2.75) is 24.7 Å². The first-order valence-electron chi connectivity index (χ1n) is 12.4. The molecule has 0 aliphatic rings. The van der Waals surface area contributed by atoms with Gasteiger partial charge >= 0.3 is 12.4 Å². The Balaban J connectivity index is 1.54. The highest BCUT2D eigenvalue weighted by Gasteiger charge is 2.36. The Morgan fingerprint density at radius 2 is 1.67 bits per heavy atom. The number of carbonyl (C=O) groups excluding carboxylic acids is 1. The van der Waals surface area contributed by atoms with E-state index >= 15 is 0 Å². The van der Waals surface area contributed by atoms with Crippen molar-refractivity contribution < 1.29 is 40.3 Å². The molecule has 1 unspecified atom stereocenters. The van der Waals surface area contributed by atoms with Crippen LogP contribution >= 0.6 is 0 Å². The number of rotatable bonds is 8. The molecular weight excluding hydrogens is 585 g/mol. The number of nitrogens with zero attached hydrogens (tertiary/aromatic N) is 4. The van der Waals surface area contributed by atoms with Gasteiger partial charge in [-0.1, -0.05) is 18.2 Å². The number of fused-ring (bicyclic) bond motifs is 1. The molecule has 5 aromatic rings. The second-order valence-corrected chi connectivity index (χ2v) is 9.24. The maximum Gasteiger partial charge on any atom is 0.422 e. The number of pyridine rings is 2. The number of nitrogens with one attached hydrogen (secondary N) is 2. The van der Waals surface area contributed by atoms with Crippen molar-refractivity contribution in [3.63, 3.8) is 0 Å². The summed E-state index contributed by atoms with van der Waals surface area (Å²) in [5.74, 6) is -3.91. The Morgan fingerprint density at radius 1 is 0.907 bits per heavy atom. The number of hydrogen-bond donors (Lipinski definition) is 2. The van der Waals surface area contributed by atoms with Crippen LogP contribution in [0.2, 0.25) is 0 Å². The fourth-order valence-corrected chi connectivity index (χ4v) is 4.37. The summed E-state index contributed by atoms with van der Waals surface area (Å²) in [6.45, 7) is -1.61. The molecule has 0 saturated heterocycles. The number of halogens is 7.